The lowest BCUT2D eigenvalue weighted by molar-refractivity contribution is -0.133. The van der Waals surface area contributed by atoms with Crippen LogP contribution in [-0.4, -0.2) is 56.9 Å². The van der Waals surface area contributed by atoms with Crippen molar-refractivity contribution in [2.75, 3.05) is 40.1 Å². The maximum Gasteiger partial charge on any atom is 0.338 e. The smallest absolute Gasteiger partial charge is 0.338 e. The van der Waals surface area contributed by atoms with E-state index in [1.165, 1.54) is 17.0 Å². The summed E-state index contributed by atoms with van der Waals surface area (Å²) >= 11 is 0. The van der Waals surface area contributed by atoms with E-state index in [-0.39, 0.29) is 18.1 Å². The fourth-order valence-electron chi connectivity index (χ4n) is 3.05. The first-order chi connectivity index (χ1) is 15.9. The third-order valence-corrected chi connectivity index (χ3v) is 4.55. The average molecular weight is 460 g/mol. The zero-order valence-corrected chi connectivity index (χ0v) is 20.0. The lowest BCUT2D eigenvalue weighted by Crippen LogP contribution is -2.30. The number of carbonyl (C=O) groups excluding carboxylic acids is 2. The summed E-state index contributed by atoms with van der Waals surface area (Å²) < 4.78 is 27.6. The highest BCUT2D eigenvalue weighted by Gasteiger charge is 2.20. The predicted octanol–water partition coefficient (Wildman–Crippen LogP) is 4.10. The van der Waals surface area contributed by atoms with Crippen LogP contribution in [0.3, 0.4) is 0 Å². The highest BCUT2D eigenvalue weighted by atomic mass is 16.5. The molecule has 0 radical (unpaired) electrons. The third kappa shape index (κ3) is 7.59. The fraction of sp³-hybridized carbons (Fsp3) is 0.440. The van der Waals surface area contributed by atoms with Crippen molar-refractivity contribution in [2.24, 2.45) is 0 Å². The normalized spacial score (nSPS) is 10.3. The molecule has 0 atom stereocenters. The Morgan fingerprint density at radius 3 is 1.85 bits per heavy atom. The van der Waals surface area contributed by atoms with Crippen molar-refractivity contribution in [1.29, 1.82) is 0 Å². The van der Waals surface area contributed by atoms with E-state index in [2.05, 4.69) is 0 Å². The Bertz CT molecular complexity index is 884. The molecule has 0 aliphatic rings. The van der Waals surface area contributed by atoms with Crippen LogP contribution in [0.15, 0.2) is 36.4 Å². The number of nitrogens with zero attached hydrogens (tertiary/aromatic N) is 1. The lowest BCUT2D eigenvalue weighted by Gasteiger charge is -2.18. The van der Waals surface area contributed by atoms with Gasteiger partial charge in [-0.15, -0.1) is 0 Å². The van der Waals surface area contributed by atoms with Crippen molar-refractivity contribution in [3.05, 3.63) is 47.5 Å². The van der Waals surface area contributed by atoms with E-state index in [1.54, 1.807) is 7.05 Å². The zero-order chi connectivity index (χ0) is 24.2. The van der Waals surface area contributed by atoms with E-state index in [1.807, 2.05) is 52.0 Å². The number of benzene rings is 2. The summed E-state index contributed by atoms with van der Waals surface area (Å²) in [6, 6.07) is 10.6. The second-order valence-corrected chi connectivity index (χ2v) is 7.00. The SMILES string of the molecule is CCOc1ccc(CN(C)C(=O)COC(=O)c2cc(OCC)c(OCC)c(OCC)c2)cc1. The number of hydrogen-bond donors (Lipinski definition) is 0. The first kappa shape index (κ1) is 25.8. The minimum Gasteiger partial charge on any atom is -0.494 e. The molecule has 1 amide bonds. The predicted molar refractivity (Wildman–Crippen MR) is 124 cm³/mol. The van der Waals surface area contributed by atoms with E-state index < -0.39 is 5.97 Å². The van der Waals surface area contributed by atoms with Crippen molar-refractivity contribution < 1.29 is 33.3 Å². The van der Waals surface area contributed by atoms with Crippen LogP contribution in [-0.2, 0) is 16.1 Å². The van der Waals surface area contributed by atoms with Crippen LogP contribution in [0.2, 0.25) is 0 Å². The van der Waals surface area contributed by atoms with Gasteiger partial charge in [0, 0.05) is 13.6 Å². The second kappa shape index (κ2) is 13.2. The third-order valence-electron chi connectivity index (χ3n) is 4.55. The largest absolute Gasteiger partial charge is 0.494 e. The van der Waals surface area contributed by atoms with Gasteiger partial charge in [0.05, 0.1) is 32.0 Å². The average Bonchev–Trinajstić information content (AvgIpc) is 2.80. The molecule has 0 spiro atoms. The number of amides is 1. The maximum atomic E-state index is 12.7. The van der Waals surface area contributed by atoms with Crippen molar-refractivity contribution in [3.63, 3.8) is 0 Å². The number of hydrogen-bond acceptors (Lipinski definition) is 7. The van der Waals surface area contributed by atoms with Gasteiger partial charge < -0.3 is 28.6 Å². The number of carbonyl (C=O) groups is 2. The fourth-order valence-corrected chi connectivity index (χ4v) is 3.05. The highest BCUT2D eigenvalue weighted by Crippen LogP contribution is 2.39. The van der Waals surface area contributed by atoms with Crippen LogP contribution in [0.4, 0.5) is 0 Å². The van der Waals surface area contributed by atoms with Crippen molar-refractivity contribution in [3.8, 4) is 23.0 Å². The van der Waals surface area contributed by atoms with Crippen molar-refractivity contribution >= 4 is 11.9 Å². The molecule has 0 aliphatic heterocycles. The van der Waals surface area contributed by atoms with Gasteiger partial charge in [-0.05, 0) is 57.5 Å². The molecule has 0 heterocycles. The molecule has 0 aliphatic carbocycles. The van der Waals surface area contributed by atoms with E-state index in [0.717, 1.165) is 11.3 Å². The van der Waals surface area contributed by atoms with Crippen molar-refractivity contribution in [2.45, 2.75) is 34.2 Å². The van der Waals surface area contributed by atoms with Crippen LogP contribution in [0.1, 0.15) is 43.6 Å². The summed E-state index contributed by atoms with van der Waals surface area (Å²) in [6.45, 7) is 9.22. The van der Waals surface area contributed by atoms with E-state index >= 15 is 0 Å². The number of esters is 1. The van der Waals surface area contributed by atoms with Crippen LogP contribution in [0.25, 0.3) is 0 Å². The summed E-state index contributed by atoms with van der Waals surface area (Å²) in [5.74, 6) is 1.01. The van der Waals surface area contributed by atoms with Crippen LogP contribution >= 0.6 is 0 Å². The Balaban J connectivity index is 2.03. The summed E-state index contributed by atoms with van der Waals surface area (Å²) in [4.78, 5) is 26.6. The number of rotatable bonds is 13. The summed E-state index contributed by atoms with van der Waals surface area (Å²) in [6.07, 6.45) is 0. The van der Waals surface area contributed by atoms with Gasteiger partial charge in [-0.3, -0.25) is 4.79 Å². The topological polar surface area (TPSA) is 83.5 Å². The van der Waals surface area contributed by atoms with Gasteiger partial charge in [-0.1, -0.05) is 12.1 Å². The van der Waals surface area contributed by atoms with Crippen LogP contribution in [0.5, 0.6) is 23.0 Å². The molecule has 2 rings (SSSR count). The molecule has 0 saturated carbocycles. The van der Waals surface area contributed by atoms with Crippen LogP contribution in [0, 0.1) is 0 Å². The second-order valence-electron chi connectivity index (χ2n) is 7.00. The highest BCUT2D eigenvalue weighted by molar-refractivity contribution is 5.92. The summed E-state index contributed by atoms with van der Waals surface area (Å²) in [7, 11) is 1.66. The monoisotopic (exact) mass is 459 g/mol. The molecule has 2 aromatic rings. The van der Waals surface area contributed by atoms with E-state index in [0.29, 0.717) is 50.2 Å². The lowest BCUT2D eigenvalue weighted by atomic mass is 10.2. The van der Waals surface area contributed by atoms with E-state index in [4.69, 9.17) is 23.7 Å². The van der Waals surface area contributed by atoms with Gasteiger partial charge in [0.2, 0.25) is 5.75 Å². The van der Waals surface area contributed by atoms with Gasteiger partial charge in [-0.25, -0.2) is 4.79 Å². The molecular weight excluding hydrogens is 426 g/mol. The Kier molecular flexibility index (Phi) is 10.3. The molecule has 0 saturated heterocycles. The molecule has 0 unspecified atom stereocenters. The molecule has 0 aromatic heterocycles. The summed E-state index contributed by atoms with van der Waals surface area (Å²) in [5, 5.41) is 0. The van der Waals surface area contributed by atoms with Gasteiger partial charge in [0.1, 0.15) is 5.75 Å². The zero-order valence-electron chi connectivity index (χ0n) is 20.0. The van der Waals surface area contributed by atoms with Crippen LogP contribution < -0.4 is 18.9 Å². The Morgan fingerprint density at radius 1 is 0.788 bits per heavy atom. The first-order valence-corrected chi connectivity index (χ1v) is 11.1. The molecule has 0 bridgehead atoms. The molecule has 0 N–H and O–H groups in total. The molecule has 33 heavy (non-hydrogen) atoms. The number of ether oxygens (including phenoxy) is 5. The molecule has 180 valence electrons. The Hall–Kier alpha value is -3.42. The van der Waals surface area contributed by atoms with Crippen molar-refractivity contribution in [1.82, 2.24) is 4.90 Å². The van der Waals surface area contributed by atoms with Gasteiger partial charge in [0.15, 0.2) is 18.1 Å². The molecule has 8 nitrogen and oxygen atoms in total. The summed E-state index contributed by atoms with van der Waals surface area (Å²) in [5.41, 5.74) is 1.15. The Labute approximate surface area is 195 Å². The van der Waals surface area contributed by atoms with Gasteiger partial charge in [0.25, 0.3) is 5.91 Å². The molecule has 2 aromatic carbocycles. The minimum absolute atomic E-state index is 0.215. The standard InChI is InChI=1S/C25H33NO7/c1-6-29-20-12-10-18(11-13-20)16-26(5)23(27)17-33-25(28)19-14-21(30-7-2)24(32-9-4)22(15-19)31-8-3/h10-15H,6-9,16-17H2,1-5H3. The molecule has 0 fully saturated rings. The maximum absolute atomic E-state index is 12.7. The molecule has 8 heteroatoms. The van der Waals surface area contributed by atoms with Gasteiger partial charge in [-0.2, -0.15) is 0 Å². The number of likely N-dealkylation sites (N-methyl/N-ethyl adjacent to an activating group) is 1. The first-order valence-electron chi connectivity index (χ1n) is 11.1. The minimum atomic E-state index is -0.650. The quantitative estimate of drug-likeness (QED) is 0.417. The van der Waals surface area contributed by atoms with E-state index in [9.17, 15) is 9.59 Å². The van der Waals surface area contributed by atoms with Gasteiger partial charge >= 0.3 is 5.97 Å². The Morgan fingerprint density at radius 2 is 1.33 bits per heavy atom. The molecular formula is C25H33NO7.